The molecule has 29 heavy (non-hydrogen) atoms. The number of rotatable bonds is 6. The third-order valence-corrected chi connectivity index (χ3v) is 3.82. The van der Waals surface area contributed by atoms with Gasteiger partial charge in [-0.3, -0.25) is 0 Å². The van der Waals surface area contributed by atoms with E-state index in [1.165, 1.54) is 12.1 Å². The SMILES string of the molecule is O=C(NCCOc1ccc(-c2ccccc2)nn1)Nc1ccc(C(F)(F)F)cc1. The quantitative estimate of drug-likeness (QED) is 0.601. The van der Waals surface area contributed by atoms with Crippen molar-refractivity contribution >= 4 is 11.7 Å². The molecule has 0 saturated carbocycles. The minimum Gasteiger partial charge on any atom is -0.475 e. The molecule has 0 aliphatic rings. The summed E-state index contributed by atoms with van der Waals surface area (Å²) in [6.07, 6.45) is -4.42. The van der Waals surface area contributed by atoms with E-state index < -0.39 is 17.8 Å². The lowest BCUT2D eigenvalue weighted by molar-refractivity contribution is -0.137. The Balaban J connectivity index is 1.40. The second kappa shape index (κ2) is 9.05. The largest absolute Gasteiger partial charge is 0.475 e. The van der Waals surface area contributed by atoms with Crippen LogP contribution in [0.4, 0.5) is 23.7 Å². The summed E-state index contributed by atoms with van der Waals surface area (Å²) in [5, 5.41) is 13.0. The van der Waals surface area contributed by atoms with Gasteiger partial charge in [-0.2, -0.15) is 13.2 Å². The van der Waals surface area contributed by atoms with Gasteiger partial charge >= 0.3 is 12.2 Å². The van der Waals surface area contributed by atoms with E-state index >= 15 is 0 Å². The Morgan fingerprint density at radius 2 is 1.66 bits per heavy atom. The van der Waals surface area contributed by atoms with E-state index in [1.54, 1.807) is 12.1 Å². The van der Waals surface area contributed by atoms with Crippen LogP contribution in [0.5, 0.6) is 5.88 Å². The number of aromatic nitrogens is 2. The van der Waals surface area contributed by atoms with E-state index in [1.807, 2.05) is 30.3 Å². The van der Waals surface area contributed by atoms with E-state index in [9.17, 15) is 18.0 Å². The molecule has 2 aromatic carbocycles. The smallest absolute Gasteiger partial charge is 0.416 e. The number of benzene rings is 2. The second-order valence-corrected chi connectivity index (χ2v) is 5.93. The zero-order chi connectivity index (χ0) is 20.7. The van der Waals surface area contributed by atoms with Crippen molar-refractivity contribution in [3.05, 3.63) is 72.3 Å². The minimum atomic E-state index is -4.42. The van der Waals surface area contributed by atoms with Crippen LogP contribution in [0.2, 0.25) is 0 Å². The molecular formula is C20H17F3N4O2. The molecule has 1 heterocycles. The number of carbonyl (C=O) groups excluding carboxylic acids is 1. The van der Waals surface area contributed by atoms with Gasteiger partial charge in [-0.05, 0) is 30.3 Å². The summed E-state index contributed by atoms with van der Waals surface area (Å²) in [5.74, 6) is 0.314. The molecule has 1 aromatic heterocycles. The Hall–Kier alpha value is -3.62. The lowest BCUT2D eigenvalue weighted by atomic mass is 10.1. The van der Waals surface area contributed by atoms with Crippen LogP contribution in [-0.2, 0) is 6.18 Å². The molecule has 0 unspecified atom stereocenters. The maximum atomic E-state index is 12.5. The zero-order valence-corrected chi connectivity index (χ0v) is 15.1. The number of hydrogen-bond acceptors (Lipinski definition) is 4. The molecule has 3 rings (SSSR count). The Bertz CT molecular complexity index is 931. The highest BCUT2D eigenvalue weighted by atomic mass is 19.4. The van der Waals surface area contributed by atoms with Crippen molar-refractivity contribution in [1.82, 2.24) is 15.5 Å². The molecule has 0 aliphatic carbocycles. The summed E-state index contributed by atoms with van der Waals surface area (Å²) < 4.78 is 42.9. The Morgan fingerprint density at radius 1 is 0.931 bits per heavy atom. The molecular weight excluding hydrogens is 385 g/mol. The van der Waals surface area contributed by atoms with Gasteiger partial charge in [-0.15, -0.1) is 10.2 Å². The van der Waals surface area contributed by atoms with Crippen molar-refractivity contribution < 1.29 is 22.7 Å². The Morgan fingerprint density at radius 3 is 2.28 bits per heavy atom. The molecule has 0 spiro atoms. The summed E-state index contributed by atoms with van der Waals surface area (Å²) in [6, 6.07) is 16.6. The summed E-state index contributed by atoms with van der Waals surface area (Å²) in [5.41, 5.74) is 1.12. The number of carbonyl (C=O) groups is 1. The number of ether oxygens (including phenoxy) is 1. The number of hydrogen-bond donors (Lipinski definition) is 2. The molecule has 2 N–H and O–H groups in total. The van der Waals surface area contributed by atoms with Crippen LogP contribution in [0.15, 0.2) is 66.7 Å². The third-order valence-electron chi connectivity index (χ3n) is 3.82. The molecule has 2 amide bonds. The van der Waals surface area contributed by atoms with E-state index in [4.69, 9.17) is 4.74 Å². The monoisotopic (exact) mass is 402 g/mol. The molecule has 3 aromatic rings. The van der Waals surface area contributed by atoms with Crippen molar-refractivity contribution in [3.8, 4) is 17.1 Å². The first kappa shape index (κ1) is 20.1. The fraction of sp³-hybridized carbons (Fsp3) is 0.150. The van der Waals surface area contributed by atoms with Gasteiger partial charge < -0.3 is 15.4 Å². The van der Waals surface area contributed by atoms with Crippen LogP contribution < -0.4 is 15.4 Å². The number of alkyl halides is 3. The molecule has 9 heteroatoms. The van der Waals surface area contributed by atoms with Crippen molar-refractivity contribution in [1.29, 1.82) is 0 Å². The van der Waals surface area contributed by atoms with Gasteiger partial charge in [0.1, 0.15) is 6.61 Å². The van der Waals surface area contributed by atoms with Gasteiger partial charge in [0.15, 0.2) is 0 Å². The molecule has 0 aliphatic heterocycles. The van der Waals surface area contributed by atoms with E-state index in [2.05, 4.69) is 20.8 Å². The van der Waals surface area contributed by atoms with Crippen LogP contribution in [0.3, 0.4) is 0 Å². The van der Waals surface area contributed by atoms with Crippen LogP contribution in [0, 0.1) is 0 Å². The highest BCUT2D eigenvalue weighted by Gasteiger charge is 2.29. The fourth-order valence-corrected chi connectivity index (χ4v) is 2.40. The van der Waals surface area contributed by atoms with Crippen LogP contribution in [0.1, 0.15) is 5.56 Å². The van der Waals surface area contributed by atoms with Crippen molar-refractivity contribution in [2.75, 3.05) is 18.5 Å². The minimum absolute atomic E-state index is 0.153. The third kappa shape index (κ3) is 5.93. The van der Waals surface area contributed by atoms with Crippen molar-refractivity contribution in [3.63, 3.8) is 0 Å². The van der Waals surface area contributed by atoms with Crippen LogP contribution >= 0.6 is 0 Å². The average Bonchev–Trinajstić information content (AvgIpc) is 2.72. The van der Waals surface area contributed by atoms with Gasteiger partial charge in [0.2, 0.25) is 5.88 Å². The van der Waals surface area contributed by atoms with E-state index in [0.29, 0.717) is 11.6 Å². The van der Waals surface area contributed by atoms with E-state index in [0.717, 1.165) is 17.7 Å². The normalized spacial score (nSPS) is 11.0. The lowest BCUT2D eigenvalue weighted by Crippen LogP contribution is -2.32. The van der Waals surface area contributed by atoms with Gasteiger partial charge in [-0.25, -0.2) is 4.79 Å². The number of halogens is 3. The summed E-state index contributed by atoms with van der Waals surface area (Å²) >= 11 is 0. The zero-order valence-electron chi connectivity index (χ0n) is 15.1. The van der Waals surface area contributed by atoms with Gasteiger partial charge in [0.25, 0.3) is 0 Å². The molecule has 0 bridgehead atoms. The Kier molecular flexibility index (Phi) is 6.28. The number of nitrogens with zero attached hydrogens (tertiary/aromatic N) is 2. The number of amides is 2. The molecule has 0 saturated heterocycles. The van der Waals surface area contributed by atoms with E-state index in [-0.39, 0.29) is 18.8 Å². The van der Waals surface area contributed by atoms with Crippen molar-refractivity contribution in [2.45, 2.75) is 6.18 Å². The van der Waals surface area contributed by atoms with Gasteiger partial charge in [0.05, 0.1) is 17.8 Å². The van der Waals surface area contributed by atoms with Crippen LogP contribution in [0.25, 0.3) is 11.3 Å². The predicted molar refractivity (Wildman–Crippen MR) is 101 cm³/mol. The maximum Gasteiger partial charge on any atom is 0.416 e. The molecule has 150 valence electrons. The number of anilines is 1. The maximum absolute atomic E-state index is 12.5. The molecule has 0 atom stereocenters. The van der Waals surface area contributed by atoms with Crippen LogP contribution in [-0.4, -0.2) is 29.4 Å². The number of urea groups is 1. The first-order valence-corrected chi connectivity index (χ1v) is 8.66. The first-order chi connectivity index (χ1) is 13.9. The standard InChI is InChI=1S/C20H17F3N4O2/c21-20(22,23)15-6-8-16(9-7-15)25-19(28)24-12-13-29-18-11-10-17(26-27-18)14-4-2-1-3-5-14/h1-11H,12-13H2,(H2,24,25,28). The molecule has 6 nitrogen and oxygen atoms in total. The topological polar surface area (TPSA) is 76.1 Å². The second-order valence-electron chi connectivity index (χ2n) is 5.93. The summed E-state index contributed by atoms with van der Waals surface area (Å²) in [4.78, 5) is 11.8. The fourth-order valence-electron chi connectivity index (χ4n) is 2.40. The van der Waals surface area contributed by atoms with Crippen molar-refractivity contribution in [2.24, 2.45) is 0 Å². The molecule has 0 radical (unpaired) electrons. The average molecular weight is 402 g/mol. The number of nitrogens with one attached hydrogen (secondary N) is 2. The highest BCUT2D eigenvalue weighted by Crippen LogP contribution is 2.29. The predicted octanol–water partition coefficient (Wildman–Crippen LogP) is 4.36. The lowest BCUT2D eigenvalue weighted by Gasteiger charge is -2.10. The summed E-state index contributed by atoms with van der Waals surface area (Å²) in [7, 11) is 0. The van der Waals surface area contributed by atoms with Gasteiger partial charge in [-0.1, -0.05) is 30.3 Å². The Labute approximate surface area is 164 Å². The highest BCUT2D eigenvalue weighted by molar-refractivity contribution is 5.89. The van der Waals surface area contributed by atoms with Gasteiger partial charge in [0, 0.05) is 17.3 Å². The first-order valence-electron chi connectivity index (χ1n) is 8.66. The summed E-state index contributed by atoms with van der Waals surface area (Å²) in [6.45, 7) is 0.328. The molecule has 0 fully saturated rings.